The molecular formula is C12H26N2O3S2. The number of aliphatic hydroxyl groups excluding tert-OH is 1. The van der Waals surface area contributed by atoms with Gasteiger partial charge in [-0.1, -0.05) is 0 Å². The predicted molar refractivity (Wildman–Crippen MR) is 81.0 cm³/mol. The van der Waals surface area contributed by atoms with Crippen LogP contribution in [0.1, 0.15) is 19.3 Å². The van der Waals surface area contributed by atoms with Gasteiger partial charge in [0.15, 0.2) is 0 Å². The van der Waals surface area contributed by atoms with Gasteiger partial charge in [-0.15, -0.1) is 0 Å². The molecule has 1 aliphatic heterocycles. The van der Waals surface area contributed by atoms with Crippen molar-refractivity contribution in [1.29, 1.82) is 0 Å². The standard InChI is InChI=1S/C12H26N2O3S2/c1-19(16,17)14-6-2-4-12(11-14)10-13-5-9-18-8-3-7-15/h12-13,15H,2-11H2,1H3. The van der Waals surface area contributed by atoms with Gasteiger partial charge in [0, 0.05) is 32.0 Å². The van der Waals surface area contributed by atoms with Gasteiger partial charge in [0.2, 0.25) is 10.0 Å². The van der Waals surface area contributed by atoms with Gasteiger partial charge in [0.1, 0.15) is 0 Å². The molecule has 0 bridgehead atoms. The maximum atomic E-state index is 11.5. The monoisotopic (exact) mass is 310 g/mol. The molecule has 0 radical (unpaired) electrons. The van der Waals surface area contributed by atoms with Crippen molar-refractivity contribution in [3.05, 3.63) is 0 Å². The van der Waals surface area contributed by atoms with Crippen LogP contribution in [0.25, 0.3) is 0 Å². The van der Waals surface area contributed by atoms with Crippen molar-refractivity contribution in [1.82, 2.24) is 9.62 Å². The third kappa shape index (κ3) is 7.51. The Hall–Kier alpha value is 0.180. The second-order valence-electron chi connectivity index (χ2n) is 5.02. The van der Waals surface area contributed by atoms with E-state index in [1.54, 1.807) is 4.31 Å². The van der Waals surface area contributed by atoms with Gasteiger partial charge in [-0.25, -0.2) is 12.7 Å². The molecule has 0 aliphatic carbocycles. The van der Waals surface area contributed by atoms with E-state index in [9.17, 15) is 8.42 Å². The maximum Gasteiger partial charge on any atom is 0.211 e. The number of rotatable bonds is 9. The van der Waals surface area contributed by atoms with Crippen LogP contribution in [0.4, 0.5) is 0 Å². The Bertz CT molecular complexity index is 336. The number of hydrogen-bond donors (Lipinski definition) is 2. The zero-order chi connectivity index (χ0) is 14.1. The number of nitrogens with one attached hydrogen (secondary N) is 1. The zero-order valence-electron chi connectivity index (χ0n) is 11.7. The molecule has 0 amide bonds. The Balaban J connectivity index is 2.09. The maximum absolute atomic E-state index is 11.5. The molecule has 114 valence electrons. The SMILES string of the molecule is CS(=O)(=O)N1CCCC(CNCCSCCCO)C1. The lowest BCUT2D eigenvalue weighted by Crippen LogP contribution is -2.42. The molecule has 1 unspecified atom stereocenters. The van der Waals surface area contributed by atoms with Gasteiger partial charge in [0.05, 0.1) is 6.26 Å². The number of piperidine rings is 1. The van der Waals surface area contributed by atoms with Gasteiger partial charge < -0.3 is 10.4 Å². The van der Waals surface area contributed by atoms with E-state index >= 15 is 0 Å². The lowest BCUT2D eigenvalue weighted by Gasteiger charge is -2.31. The minimum Gasteiger partial charge on any atom is -0.396 e. The highest BCUT2D eigenvalue weighted by atomic mass is 32.2. The first-order valence-electron chi connectivity index (χ1n) is 6.88. The number of sulfonamides is 1. The molecular weight excluding hydrogens is 284 g/mol. The van der Waals surface area contributed by atoms with Gasteiger partial charge >= 0.3 is 0 Å². The van der Waals surface area contributed by atoms with Crippen molar-refractivity contribution in [3.8, 4) is 0 Å². The van der Waals surface area contributed by atoms with E-state index < -0.39 is 10.0 Å². The third-order valence-corrected chi connectivity index (χ3v) is 5.59. The Morgan fingerprint density at radius 2 is 2.21 bits per heavy atom. The van der Waals surface area contributed by atoms with Gasteiger partial charge in [-0.05, 0) is 37.5 Å². The van der Waals surface area contributed by atoms with Crippen molar-refractivity contribution in [2.75, 3.05) is 50.5 Å². The number of hydrogen-bond acceptors (Lipinski definition) is 5. The van der Waals surface area contributed by atoms with Gasteiger partial charge in [-0.3, -0.25) is 0 Å². The molecule has 0 spiro atoms. The lowest BCUT2D eigenvalue weighted by atomic mass is 10.00. The molecule has 0 saturated carbocycles. The average molecular weight is 310 g/mol. The van der Waals surface area contributed by atoms with Crippen LogP contribution < -0.4 is 5.32 Å². The second kappa shape index (κ2) is 9.18. The highest BCUT2D eigenvalue weighted by Crippen LogP contribution is 2.17. The molecule has 1 aliphatic rings. The smallest absolute Gasteiger partial charge is 0.211 e. The molecule has 5 nitrogen and oxygen atoms in total. The van der Waals surface area contributed by atoms with Crippen LogP contribution in [0.3, 0.4) is 0 Å². The summed E-state index contributed by atoms with van der Waals surface area (Å²) in [6.45, 7) is 3.44. The lowest BCUT2D eigenvalue weighted by molar-refractivity contribution is 0.262. The van der Waals surface area contributed by atoms with E-state index in [0.29, 0.717) is 19.0 Å². The highest BCUT2D eigenvalue weighted by molar-refractivity contribution is 7.99. The summed E-state index contributed by atoms with van der Waals surface area (Å²) in [4.78, 5) is 0. The van der Waals surface area contributed by atoms with E-state index in [0.717, 1.165) is 43.9 Å². The molecule has 0 aromatic heterocycles. The van der Waals surface area contributed by atoms with Crippen LogP contribution >= 0.6 is 11.8 Å². The van der Waals surface area contributed by atoms with E-state index in [4.69, 9.17) is 5.11 Å². The van der Waals surface area contributed by atoms with Gasteiger partial charge in [-0.2, -0.15) is 11.8 Å². The van der Waals surface area contributed by atoms with Crippen LogP contribution in [0.15, 0.2) is 0 Å². The van der Waals surface area contributed by atoms with Crippen LogP contribution in [-0.4, -0.2) is 68.4 Å². The quantitative estimate of drug-likeness (QED) is 0.602. The Morgan fingerprint density at radius 1 is 1.42 bits per heavy atom. The van der Waals surface area contributed by atoms with Crippen molar-refractivity contribution < 1.29 is 13.5 Å². The van der Waals surface area contributed by atoms with Crippen molar-refractivity contribution in [2.45, 2.75) is 19.3 Å². The fraction of sp³-hybridized carbons (Fsp3) is 1.00. The van der Waals surface area contributed by atoms with Crippen molar-refractivity contribution in [3.63, 3.8) is 0 Å². The number of thioether (sulfide) groups is 1. The van der Waals surface area contributed by atoms with Crippen LogP contribution in [0.2, 0.25) is 0 Å². The third-order valence-electron chi connectivity index (χ3n) is 3.25. The topological polar surface area (TPSA) is 69.6 Å². The van der Waals surface area contributed by atoms with Crippen molar-refractivity contribution in [2.24, 2.45) is 5.92 Å². The molecule has 1 fully saturated rings. The van der Waals surface area contributed by atoms with E-state index in [1.807, 2.05) is 11.8 Å². The van der Waals surface area contributed by atoms with E-state index in [-0.39, 0.29) is 6.61 Å². The fourth-order valence-electron chi connectivity index (χ4n) is 2.21. The molecule has 1 atom stereocenters. The second-order valence-corrected chi connectivity index (χ2v) is 8.23. The van der Waals surface area contributed by atoms with E-state index in [1.165, 1.54) is 6.26 Å². The Labute approximate surface area is 121 Å². The molecule has 1 rings (SSSR count). The summed E-state index contributed by atoms with van der Waals surface area (Å²) in [5.41, 5.74) is 0. The summed E-state index contributed by atoms with van der Waals surface area (Å²) < 4.78 is 24.6. The molecule has 0 aromatic carbocycles. The highest BCUT2D eigenvalue weighted by Gasteiger charge is 2.25. The predicted octanol–water partition coefficient (Wildman–Crippen LogP) is 0.363. The first-order valence-corrected chi connectivity index (χ1v) is 9.89. The number of aliphatic hydroxyl groups is 1. The minimum absolute atomic E-state index is 0.268. The zero-order valence-corrected chi connectivity index (χ0v) is 13.3. The van der Waals surface area contributed by atoms with Crippen LogP contribution in [0, 0.1) is 5.92 Å². The largest absolute Gasteiger partial charge is 0.396 e. The Kier molecular flexibility index (Phi) is 8.32. The molecule has 19 heavy (non-hydrogen) atoms. The fourth-order valence-corrected chi connectivity index (χ4v) is 3.98. The van der Waals surface area contributed by atoms with Gasteiger partial charge in [0.25, 0.3) is 0 Å². The summed E-state index contributed by atoms with van der Waals surface area (Å²) in [7, 11) is -3.03. The summed E-state index contributed by atoms with van der Waals surface area (Å²) in [5.74, 6) is 2.48. The summed E-state index contributed by atoms with van der Waals surface area (Å²) >= 11 is 1.84. The summed E-state index contributed by atoms with van der Waals surface area (Å²) in [6, 6.07) is 0. The Morgan fingerprint density at radius 3 is 2.89 bits per heavy atom. The molecule has 1 saturated heterocycles. The molecule has 0 aromatic rings. The van der Waals surface area contributed by atoms with Crippen LogP contribution in [0.5, 0.6) is 0 Å². The summed E-state index contributed by atoms with van der Waals surface area (Å²) in [5, 5.41) is 12.0. The van der Waals surface area contributed by atoms with Crippen LogP contribution in [-0.2, 0) is 10.0 Å². The molecule has 2 N–H and O–H groups in total. The average Bonchev–Trinajstić information content (AvgIpc) is 2.37. The first kappa shape index (κ1) is 17.2. The number of nitrogens with zero attached hydrogens (tertiary/aromatic N) is 1. The molecule has 7 heteroatoms. The van der Waals surface area contributed by atoms with E-state index in [2.05, 4.69) is 5.32 Å². The summed E-state index contributed by atoms with van der Waals surface area (Å²) in [6.07, 6.45) is 4.22. The minimum atomic E-state index is -3.03. The molecule has 1 heterocycles. The normalized spacial score (nSPS) is 21.7. The first-order chi connectivity index (χ1) is 9.04. The van der Waals surface area contributed by atoms with Crippen molar-refractivity contribution >= 4 is 21.8 Å².